The highest BCUT2D eigenvalue weighted by atomic mass is 19.3. The zero-order valence-corrected chi connectivity index (χ0v) is 10.6. The standard InChI is InChI=1S/C12H23F2NO/c1-11(2,3)16-10-4-7-15-8-5-12(13,14)6-9-15/h4-10H2,1-3H3. The molecule has 0 bridgehead atoms. The Hall–Kier alpha value is -0.220. The largest absolute Gasteiger partial charge is 0.376 e. The summed E-state index contributed by atoms with van der Waals surface area (Å²) in [7, 11) is 0. The molecule has 1 saturated heterocycles. The summed E-state index contributed by atoms with van der Waals surface area (Å²) in [5.41, 5.74) is -0.102. The van der Waals surface area contributed by atoms with Crippen LogP contribution in [0.5, 0.6) is 0 Å². The first-order valence-corrected chi connectivity index (χ1v) is 6.03. The van der Waals surface area contributed by atoms with E-state index in [4.69, 9.17) is 4.74 Å². The molecule has 4 heteroatoms. The molecule has 2 nitrogen and oxygen atoms in total. The highest BCUT2D eigenvalue weighted by molar-refractivity contribution is 4.77. The Morgan fingerprint density at radius 2 is 1.75 bits per heavy atom. The number of likely N-dealkylation sites (tertiary alicyclic amines) is 1. The minimum Gasteiger partial charge on any atom is -0.376 e. The second kappa shape index (κ2) is 5.41. The maximum Gasteiger partial charge on any atom is 0.250 e. The van der Waals surface area contributed by atoms with Gasteiger partial charge >= 0.3 is 0 Å². The van der Waals surface area contributed by atoms with Crippen LogP contribution in [0.4, 0.5) is 8.78 Å². The van der Waals surface area contributed by atoms with Crippen molar-refractivity contribution in [2.24, 2.45) is 0 Å². The van der Waals surface area contributed by atoms with E-state index in [0.717, 1.165) is 13.0 Å². The van der Waals surface area contributed by atoms with Gasteiger partial charge in [0, 0.05) is 39.1 Å². The summed E-state index contributed by atoms with van der Waals surface area (Å²) in [6, 6.07) is 0. The first-order chi connectivity index (χ1) is 7.29. The average molecular weight is 235 g/mol. The lowest BCUT2D eigenvalue weighted by molar-refractivity contribution is -0.0579. The van der Waals surface area contributed by atoms with Crippen LogP contribution in [-0.4, -0.2) is 42.7 Å². The zero-order chi connectivity index (χ0) is 12.2. The lowest BCUT2D eigenvalue weighted by Gasteiger charge is -2.31. The fourth-order valence-electron chi connectivity index (χ4n) is 1.77. The number of alkyl halides is 2. The van der Waals surface area contributed by atoms with Crippen molar-refractivity contribution in [2.75, 3.05) is 26.2 Å². The van der Waals surface area contributed by atoms with Crippen molar-refractivity contribution < 1.29 is 13.5 Å². The van der Waals surface area contributed by atoms with Gasteiger partial charge in [-0.1, -0.05) is 0 Å². The van der Waals surface area contributed by atoms with Crippen LogP contribution in [0.2, 0.25) is 0 Å². The fourth-order valence-corrected chi connectivity index (χ4v) is 1.77. The monoisotopic (exact) mass is 235 g/mol. The molecule has 0 N–H and O–H groups in total. The van der Waals surface area contributed by atoms with Crippen LogP contribution in [-0.2, 0) is 4.74 Å². The van der Waals surface area contributed by atoms with E-state index >= 15 is 0 Å². The molecule has 1 rings (SSSR count). The van der Waals surface area contributed by atoms with Crippen molar-refractivity contribution in [3.63, 3.8) is 0 Å². The van der Waals surface area contributed by atoms with Gasteiger partial charge in [-0.3, -0.25) is 0 Å². The van der Waals surface area contributed by atoms with Crippen molar-refractivity contribution in [2.45, 2.75) is 51.6 Å². The van der Waals surface area contributed by atoms with Crippen molar-refractivity contribution in [1.29, 1.82) is 0 Å². The van der Waals surface area contributed by atoms with Crippen LogP contribution in [0.1, 0.15) is 40.0 Å². The van der Waals surface area contributed by atoms with E-state index in [1.54, 1.807) is 0 Å². The van der Waals surface area contributed by atoms with Crippen LogP contribution in [0.25, 0.3) is 0 Å². The molecule has 1 fully saturated rings. The molecule has 0 aromatic carbocycles. The molecular formula is C12H23F2NO. The first-order valence-electron chi connectivity index (χ1n) is 6.03. The van der Waals surface area contributed by atoms with E-state index in [1.165, 1.54) is 0 Å². The number of nitrogens with zero attached hydrogens (tertiary/aromatic N) is 1. The Balaban J connectivity index is 2.07. The van der Waals surface area contributed by atoms with Gasteiger partial charge in [0.2, 0.25) is 0 Å². The Kier molecular flexibility index (Phi) is 4.68. The topological polar surface area (TPSA) is 12.5 Å². The van der Waals surface area contributed by atoms with Gasteiger partial charge in [0.25, 0.3) is 5.92 Å². The van der Waals surface area contributed by atoms with Gasteiger partial charge < -0.3 is 9.64 Å². The molecule has 16 heavy (non-hydrogen) atoms. The van der Waals surface area contributed by atoms with Crippen LogP contribution in [0, 0.1) is 0 Å². The van der Waals surface area contributed by atoms with E-state index in [1.807, 2.05) is 20.8 Å². The van der Waals surface area contributed by atoms with Crippen LogP contribution in [0.3, 0.4) is 0 Å². The smallest absolute Gasteiger partial charge is 0.250 e. The van der Waals surface area contributed by atoms with Gasteiger partial charge in [0.15, 0.2) is 0 Å². The third-order valence-corrected chi connectivity index (χ3v) is 2.74. The Morgan fingerprint density at radius 3 is 2.25 bits per heavy atom. The summed E-state index contributed by atoms with van der Waals surface area (Å²) in [4.78, 5) is 2.10. The first kappa shape index (κ1) is 13.8. The van der Waals surface area contributed by atoms with E-state index < -0.39 is 5.92 Å². The minimum absolute atomic E-state index is 0.00707. The molecular weight excluding hydrogens is 212 g/mol. The van der Waals surface area contributed by atoms with Crippen molar-refractivity contribution in [3.8, 4) is 0 Å². The number of hydrogen-bond donors (Lipinski definition) is 0. The Morgan fingerprint density at radius 1 is 1.19 bits per heavy atom. The highest BCUT2D eigenvalue weighted by Gasteiger charge is 2.33. The third kappa shape index (κ3) is 5.75. The van der Waals surface area contributed by atoms with Crippen molar-refractivity contribution in [1.82, 2.24) is 4.90 Å². The highest BCUT2D eigenvalue weighted by Crippen LogP contribution is 2.27. The van der Waals surface area contributed by atoms with Gasteiger partial charge in [-0.05, 0) is 27.2 Å². The molecule has 0 spiro atoms. The second-order valence-corrected chi connectivity index (χ2v) is 5.51. The fraction of sp³-hybridized carbons (Fsp3) is 1.00. The molecule has 0 aromatic rings. The van der Waals surface area contributed by atoms with Crippen LogP contribution >= 0.6 is 0 Å². The van der Waals surface area contributed by atoms with Gasteiger partial charge in [-0.15, -0.1) is 0 Å². The van der Waals surface area contributed by atoms with Gasteiger partial charge in [0.05, 0.1) is 5.60 Å². The molecule has 1 heterocycles. The molecule has 0 atom stereocenters. The quantitative estimate of drug-likeness (QED) is 0.695. The third-order valence-electron chi connectivity index (χ3n) is 2.74. The predicted molar refractivity (Wildman–Crippen MR) is 60.9 cm³/mol. The molecule has 1 aliphatic rings. The maximum atomic E-state index is 12.9. The van der Waals surface area contributed by atoms with Gasteiger partial charge in [0.1, 0.15) is 0 Å². The molecule has 96 valence electrons. The summed E-state index contributed by atoms with van der Waals surface area (Å²) in [5.74, 6) is -2.43. The lowest BCUT2D eigenvalue weighted by atomic mass is 10.1. The Labute approximate surface area is 97.0 Å². The summed E-state index contributed by atoms with van der Waals surface area (Å²) < 4.78 is 31.3. The SMILES string of the molecule is CC(C)(C)OCCCN1CCC(F)(F)CC1. The summed E-state index contributed by atoms with van der Waals surface area (Å²) in [5, 5.41) is 0. The summed E-state index contributed by atoms with van der Waals surface area (Å²) in [6.07, 6.45) is 0.934. The van der Waals surface area contributed by atoms with E-state index in [0.29, 0.717) is 19.7 Å². The van der Waals surface area contributed by atoms with E-state index in [9.17, 15) is 8.78 Å². The van der Waals surface area contributed by atoms with Gasteiger partial charge in [-0.25, -0.2) is 8.78 Å². The number of hydrogen-bond acceptors (Lipinski definition) is 2. The molecule has 0 aliphatic carbocycles. The average Bonchev–Trinajstić information content (AvgIpc) is 2.13. The molecule has 0 amide bonds. The van der Waals surface area contributed by atoms with Crippen molar-refractivity contribution in [3.05, 3.63) is 0 Å². The zero-order valence-electron chi connectivity index (χ0n) is 10.6. The van der Waals surface area contributed by atoms with Crippen LogP contribution in [0.15, 0.2) is 0 Å². The maximum absolute atomic E-state index is 12.9. The molecule has 0 saturated carbocycles. The van der Waals surface area contributed by atoms with Gasteiger partial charge in [-0.2, -0.15) is 0 Å². The number of ether oxygens (including phenoxy) is 1. The molecule has 0 unspecified atom stereocenters. The molecule has 0 radical (unpaired) electrons. The Bertz CT molecular complexity index is 204. The lowest BCUT2D eigenvalue weighted by Crippen LogP contribution is -2.40. The summed E-state index contributed by atoms with van der Waals surface area (Å²) >= 11 is 0. The number of halogens is 2. The molecule has 1 aliphatic heterocycles. The predicted octanol–water partition coefficient (Wildman–Crippen LogP) is 2.92. The minimum atomic E-state index is -2.43. The van der Waals surface area contributed by atoms with E-state index in [-0.39, 0.29) is 18.4 Å². The summed E-state index contributed by atoms with van der Waals surface area (Å²) in [6.45, 7) is 8.67. The number of rotatable bonds is 4. The normalized spacial score (nSPS) is 22.3. The number of piperidine rings is 1. The van der Waals surface area contributed by atoms with E-state index in [2.05, 4.69) is 4.90 Å². The van der Waals surface area contributed by atoms with Crippen LogP contribution < -0.4 is 0 Å². The molecule has 0 aromatic heterocycles. The van der Waals surface area contributed by atoms with Crippen molar-refractivity contribution >= 4 is 0 Å². The second-order valence-electron chi connectivity index (χ2n) is 5.51.